The average molecular weight is 379 g/mol. The van der Waals surface area contributed by atoms with Gasteiger partial charge >= 0.3 is 6.18 Å². The van der Waals surface area contributed by atoms with Gasteiger partial charge in [-0.2, -0.15) is 13.2 Å². The zero-order valence-electron chi connectivity index (χ0n) is 15.4. The monoisotopic (exact) mass is 379 g/mol. The van der Waals surface area contributed by atoms with Gasteiger partial charge in [-0.3, -0.25) is 4.98 Å². The first-order valence-electron chi connectivity index (χ1n) is 8.54. The van der Waals surface area contributed by atoms with Crippen LogP contribution in [0.1, 0.15) is 31.9 Å². The van der Waals surface area contributed by atoms with Crippen LogP contribution in [-0.2, 0) is 19.3 Å². The minimum atomic E-state index is -4.70. The summed E-state index contributed by atoms with van der Waals surface area (Å²) in [6.07, 6.45) is -1.97. The van der Waals surface area contributed by atoms with Crippen molar-refractivity contribution in [3.05, 3.63) is 53.6 Å². The first kappa shape index (κ1) is 19.4. The molecule has 0 aliphatic carbocycles. The van der Waals surface area contributed by atoms with Crippen LogP contribution < -0.4 is 5.73 Å². The Morgan fingerprint density at radius 3 is 2.41 bits per heavy atom. The first-order valence-corrected chi connectivity index (χ1v) is 8.54. The van der Waals surface area contributed by atoms with Crippen molar-refractivity contribution in [3.8, 4) is 11.3 Å². The second-order valence-electron chi connectivity index (χ2n) is 7.83. The van der Waals surface area contributed by atoms with E-state index in [9.17, 15) is 17.6 Å². The van der Waals surface area contributed by atoms with E-state index in [1.165, 1.54) is 0 Å². The SMILES string of the molecule is CC(C)(C)Cn1cc(CN)c2ccc(-c3ncc(F)cc3C(F)(F)F)cc21. The molecule has 0 amide bonds. The summed E-state index contributed by atoms with van der Waals surface area (Å²) in [4.78, 5) is 3.72. The number of hydrogen-bond acceptors (Lipinski definition) is 2. The number of aromatic nitrogens is 2. The zero-order valence-corrected chi connectivity index (χ0v) is 15.4. The molecule has 144 valence electrons. The predicted octanol–water partition coefficient (Wildman–Crippen LogP) is 5.37. The van der Waals surface area contributed by atoms with E-state index in [-0.39, 0.29) is 16.7 Å². The molecule has 1 aromatic carbocycles. The smallest absolute Gasteiger partial charge is 0.347 e. The topological polar surface area (TPSA) is 43.8 Å². The Morgan fingerprint density at radius 1 is 1.11 bits per heavy atom. The fourth-order valence-corrected chi connectivity index (χ4v) is 3.21. The predicted molar refractivity (Wildman–Crippen MR) is 97.5 cm³/mol. The van der Waals surface area contributed by atoms with Crippen LogP contribution in [0, 0.1) is 11.2 Å². The second kappa shape index (κ2) is 6.64. The highest BCUT2D eigenvalue weighted by Gasteiger charge is 2.35. The Labute approximate surface area is 154 Å². The number of pyridine rings is 1. The zero-order chi connectivity index (χ0) is 20.0. The molecule has 2 N–H and O–H groups in total. The maximum absolute atomic E-state index is 13.4. The number of hydrogen-bond donors (Lipinski definition) is 1. The van der Waals surface area contributed by atoms with Gasteiger partial charge in [-0.15, -0.1) is 0 Å². The molecule has 27 heavy (non-hydrogen) atoms. The van der Waals surface area contributed by atoms with Crippen molar-refractivity contribution in [3.63, 3.8) is 0 Å². The van der Waals surface area contributed by atoms with Gasteiger partial charge in [-0.05, 0) is 23.1 Å². The Hall–Kier alpha value is -2.41. The van der Waals surface area contributed by atoms with Crippen molar-refractivity contribution in [2.24, 2.45) is 11.1 Å². The quantitative estimate of drug-likeness (QED) is 0.622. The number of rotatable bonds is 3. The lowest BCUT2D eigenvalue weighted by Crippen LogP contribution is -2.14. The number of nitrogens with zero attached hydrogens (tertiary/aromatic N) is 2. The van der Waals surface area contributed by atoms with E-state index in [1.54, 1.807) is 18.2 Å². The van der Waals surface area contributed by atoms with Gasteiger partial charge in [-0.1, -0.05) is 32.9 Å². The molecular weight excluding hydrogens is 358 g/mol. The number of halogens is 4. The normalized spacial score (nSPS) is 12.7. The highest BCUT2D eigenvalue weighted by molar-refractivity contribution is 5.88. The fraction of sp³-hybridized carbons (Fsp3) is 0.350. The Morgan fingerprint density at radius 2 is 1.81 bits per heavy atom. The van der Waals surface area contributed by atoms with Gasteiger partial charge in [0.15, 0.2) is 0 Å². The van der Waals surface area contributed by atoms with Crippen LogP contribution >= 0.6 is 0 Å². The third-order valence-electron chi connectivity index (χ3n) is 4.26. The molecule has 0 aliphatic heterocycles. The standard InChI is InChI=1S/C20H21F4N3/c1-19(2,3)11-27-10-13(8-25)15-5-4-12(6-17(15)27)18-16(20(22,23)24)7-14(21)9-26-18/h4-7,9-10H,8,11,25H2,1-3H3. The van der Waals surface area contributed by atoms with Crippen LogP contribution in [0.3, 0.4) is 0 Å². The van der Waals surface area contributed by atoms with Crippen LogP contribution in [0.25, 0.3) is 22.2 Å². The van der Waals surface area contributed by atoms with Gasteiger partial charge in [0, 0.05) is 35.8 Å². The van der Waals surface area contributed by atoms with Gasteiger partial charge in [0.05, 0.1) is 17.5 Å². The number of fused-ring (bicyclic) bond motifs is 1. The van der Waals surface area contributed by atoms with Crippen LogP contribution in [0.4, 0.5) is 17.6 Å². The molecule has 0 radical (unpaired) electrons. The molecule has 7 heteroatoms. The minimum Gasteiger partial charge on any atom is -0.347 e. The Bertz CT molecular complexity index is 981. The molecular formula is C20H21F4N3. The van der Waals surface area contributed by atoms with Crippen molar-refractivity contribution >= 4 is 10.9 Å². The molecule has 0 bridgehead atoms. The molecule has 0 saturated heterocycles. The maximum Gasteiger partial charge on any atom is 0.418 e. The molecule has 0 aliphatic rings. The summed E-state index contributed by atoms with van der Waals surface area (Å²) >= 11 is 0. The van der Waals surface area contributed by atoms with Gasteiger partial charge in [0.2, 0.25) is 0 Å². The van der Waals surface area contributed by atoms with Gasteiger partial charge in [-0.25, -0.2) is 4.39 Å². The summed E-state index contributed by atoms with van der Waals surface area (Å²) in [5.41, 5.74) is 6.40. The summed E-state index contributed by atoms with van der Waals surface area (Å²) in [5.74, 6) is -1.02. The van der Waals surface area contributed by atoms with E-state index in [0.29, 0.717) is 19.2 Å². The molecule has 3 nitrogen and oxygen atoms in total. The molecule has 3 rings (SSSR count). The second-order valence-corrected chi connectivity index (χ2v) is 7.83. The lowest BCUT2D eigenvalue weighted by Gasteiger charge is -2.20. The minimum absolute atomic E-state index is 0.0287. The fourth-order valence-electron chi connectivity index (χ4n) is 3.21. The summed E-state index contributed by atoms with van der Waals surface area (Å²) in [5, 5.41) is 0.890. The maximum atomic E-state index is 13.4. The molecule has 0 fully saturated rings. The lowest BCUT2D eigenvalue weighted by molar-refractivity contribution is -0.137. The first-order chi connectivity index (χ1) is 12.5. The number of nitrogens with two attached hydrogens (primary N) is 1. The van der Waals surface area contributed by atoms with E-state index in [4.69, 9.17) is 5.73 Å². The molecule has 2 heterocycles. The largest absolute Gasteiger partial charge is 0.418 e. The van der Waals surface area contributed by atoms with Crippen molar-refractivity contribution in [1.82, 2.24) is 9.55 Å². The summed E-state index contributed by atoms with van der Waals surface area (Å²) < 4.78 is 55.4. The number of benzene rings is 1. The Kier molecular flexibility index (Phi) is 4.76. The van der Waals surface area contributed by atoms with E-state index < -0.39 is 17.6 Å². The van der Waals surface area contributed by atoms with E-state index in [2.05, 4.69) is 25.8 Å². The van der Waals surface area contributed by atoms with Crippen LogP contribution in [0.5, 0.6) is 0 Å². The molecule has 0 unspecified atom stereocenters. The molecule has 0 saturated carbocycles. The van der Waals surface area contributed by atoms with Crippen molar-refractivity contribution < 1.29 is 17.6 Å². The average Bonchev–Trinajstić information content (AvgIpc) is 2.89. The summed E-state index contributed by atoms with van der Waals surface area (Å²) in [7, 11) is 0. The van der Waals surface area contributed by atoms with Gasteiger partial charge < -0.3 is 10.3 Å². The molecule has 3 aromatic rings. The van der Waals surface area contributed by atoms with Crippen LogP contribution in [0.15, 0.2) is 36.7 Å². The van der Waals surface area contributed by atoms with E-state index in [0.717, 1.165) is 22.7 Å². The van der Waals surface area contributed by atoms with Gasteiger partial charge in [0.25, 0.3) is 0 Å². The summed E-state index contributed by atoms with van der Waals surface area (Å²) in [6.45, 7) is 7.24. The van der Waals surface area contributed by atoms with Gasteiger partial charge in [0.1, 0.15) is 5.82 Å². The highest BCUT2D eigenvalue weighted by Crippen LogP contribution is 2.37. The molecule has 0 atom stereocenters. The number of alkyl halides is 3. The van der Waals surface area contributed by atoms with Crippen molar-refractivity contribution in [2.45, 2.75) is 40.0 Å². The highest BCUT2D eigenvalue weighted by atomic mass is 19.4. The lowest BCUT2D eigenvalue weighted by atomic mass is 9.97. The van der Waals surface area contributed by atoms with Crippen molar-refractivity contribution in [1.29, 1.82) is 0 Å². The van der Waals surface area contributed by atoms with Crippen LogP contribution in [-0.4, -0.2) is 9.55 Å². The van der Waals surface area contributed by atoms with E-state index in [1.807, 2.05) is 10.8 Å². The van der Waals surface area contributed by atoms with E-state index >= 15 is 0 Å². The van der Waals surface area contributed by atoms with Crippen molar-refractivity contribution in [2.75, 3.05) is 0 Å². The summed E-state index contributed by atoms with van der Waals surface area (Å²) in [6, 6.07) is 5.46. The third-order valence-corrected chi connectivity index (χ3v) is 4.26. The Balaban J connectivity index is 2.22. The van der Waals surface area contributed by atoms with Crippen LogP contribution in [0.2, 0.25) is 0 Å². The molecule has 2 aromatic heterocycles. The molecule has 0 spiro atoms. The third kappa shape index (κ3) is 3.98.